The normalized spacial score (nSPS) is 17.1. The Kier molecular flexibility index (Phi) is 3.60. The fourth-order valence-electron chi connectivity index (χ4n) is 2.89. The van der Waals surface area contributed by atoms with Crippen LogP contribution in [0.1, 0.15) is 46.2 Å². The largest absolute Gasteiger partial charge is 0.399 e. The van der Waals surface area contributed by atoms with Gasteiger partial charge in [0.15, 0.2) is 0 Å². The molecule has 1 heterocycles. The fourth-order valence-corrected chi connectivity index (χ4v) is 2.89. The highest BCUT2D eigenvalue weighted by Crippen LogP contribution is 2.31. The number of aryl methyl sites for hydroxylation is 2. The van der Waals surface area contributed by atoms with E-state index in [4.69, 9.17) is 5.73 Å². The Morgan fingerprint density at radius 3 is 3.00 bits per heavy atom. The van der Waals surface area contributed by atoms with Crippen molar-refractivity contribution in [3.05, 3.63) is 58.9 Å². The summed E-state index contributed by atoms with van der Waals surface area (Å²) in [4.78, 5) is 16.6. The van der Waals surface area contributed by atoms with Crippen LogP contribution in [0, 0.1) is 6.92 Å². The van der Waals surface area contributed by atoms with Gasteiger partial charge in [-0.1, -0.05) is 12.1 Å². The minimum Gasteiger partial charge on any atom is -0.399 e. The number of nitrogens with one attached hydrogen (secondary N) is 1. The van der Waals surface area contributed by atoms with Crippen LogP contribution < -0.4 is 11.1 Å². The molecule has 1 aliphatic carbocycles. The van der Waals surface area contributed by atoms with Gasteiger partial charge in [-0.3, -0.25) is 4.79 Å². The van der Waals surface area contributed by atoms with Crippen molar-refractivity contribution in [2.75, 3.05) is 5.73 Å². The number of hydrogen-bond acceptors (Lipinski definition) is 3. The molecule has 3 rings (SSSR count). The van der Waals surface area contributed by atoms with E-state index in [1.807, 2.05) is 37.3 Å². The minimum absolute atomic E-state index is 0.0455. The van der Waals surface area contributed by atoms with Crippen LogP contribution in [0.15, 0.2) is 36.4 Å². The average molecular weight is 281 g/mol. The Bertz CT molecular complexity index is 681. The Morgan fingerprint density at radius 2 is 2.19 bits per heavy atom. The van der Waals surface area contributed by atoms with Crippen molar-refractivity contribution in [2.45, 2.75) is 32.2 Å². The molecule has 0 saturated carbocycles. The monoisotopic (exact) mass is 281 g/mol. The lowest BCUT2D eigenvalue weighted by Gasteiger charge is -2.26. The summed E-state index contributed by atoms with van der Waals surface area (Å²) in [6.45, 7) is 1.88. The molecular weight excluding hydrogens is 262 g/mol. The van der Waals surface area contributed by atoms with Crippen LogP contribution in [0.3, 0.4) is 0 Å². The maximum atomic E-state index is 12.3. The van der Waals surface area contributed by atoms with Crippen LogP contribution in [0.2, 0.25) is 0 Å². The summed E-state index contributed by atoms with van der Waals surface area (Å²) in [5.41, 5.74) is 10.4. The first-order valence-electron chi connectivity index (χ1n) is 7.26. The molecule has 0 fully saturated rings. The van der Waals surface area contributed by atoms with Crippen molar-refractivity contribution < 1.29 is 4.79 Å². The second-order valence-electron chi connectivity index (χ2n) is 5.54. The first kappa shape index (κ1) is 13.6. The van der Waals surface area contributed by atoms with Crippen LogP contribution in [0.25, 0.3) is 0 Å². The third-order valence-electron chi connectivity index (χ3n) is 3.91. The molecule has 3 N–H and O–H groups in total. The van der Waals surface area contributed by atoms with Gasteiger partial charge >= 0.3 is 0 Å². The summed E-state index contributed by atoms with van der Waals surface area (Å²) in [6, 6.07) is 11.5. The predicted molar refractivity (Wildman–Crippen MR) is 83.0 cm³/mol. The van der Waals surface area contributed by atoms with Crippen molar-refractivity contribution >= 4 is 11.6 Å². The van der Waals surface area contributed by atoms with Crippen molar-refractivity contribution in [2.24, 2.45) is 0 Å². The summed E-state index contributed by atoms with van der Waals surface area (Å²) >= 11 is 0. The quantitative estimate of drug-likeness (QED) is 0.832. The van der Waals surface area contributed by atoms with Gasteiger partial charge in [-0.25, -0.2) is 4.98 Å². The lowest BCUT2D eigenvalue weighted by molar-refractivity contribution is 0.0927. The van der Waals surface area contributed by atoms with E-state index in [1.165, 1.54) is 11.1 Å². The molecule has 1 aliphatic rings. The van der Waals surface area contributed by atoms with E-state index in [9.17, 15) is 4.79 Å². The summed E-state index contributed by atoms with van der Waals surface area (Å²) in [7, 11) is 0. The molecule has 0 aliphatic heterocycles. The van der Waals surface area contributed by atoms with Gasteiger partial charge in [-0.05, 0) is 61.6 Å². The van der Waals surface area contributed by atoms with Crippen LogP contribution in [0.4, 0.5) is 5.69 Å². The summed E-state index contributed by atoms with van der Waals surface area (Å²) < 4.78 is 0. The fraction of sp³-hybridized carbons (Fsp3) is 0.294. The lowest BCUT2D eigenvalue weighted by Crippen LogP contribution is -2.31. The van der Waals surface area contributed by atoms with Crippen molar-refractivity contribution in [3.63, 3.8) is 0 Å². The van der Waals surface area contributed by atoms with E-state index in [-0.39, 0.29) is 11.9 Å². The summed E-state index contributed by atoms with van der Waals surface area (Å²) in [5.74, 6) is -0.117. The number of benzene rings is 1. The zero-order valence-corrected chi connectivity index (χ0v) is 12.1. The number of anilines is 1. The minimum atomic E-state index is -0.117. The van der Waals surface area contributed by atoms with Crippen LogP contribution in [0.5, 0.6) is 0 Å². The third-order valence-corrected chi connectivity index (χ3v) is 3.91. The Hall–Kier alpha value is -2.36. The highest BCUT2D eigenvalue weighted by molar-refractivity contribution is 5.92. The molecule has 0 bridgehead atoms. The van der Waals surface area contributed by atoms with E-state index < -0.39 is 0 Å². The predicted octanol–water partition coefficient (Wildman–Crippen LogP) is 2.78. The van der Waals surface area contributed by atoms with E-state index in [0.29, 0.717) is 5.69 Å². The first-order valence-corrected chi connectivity index (χ1v) is 7.26. The number of pyridine rings is 1. The second-order valence-corrected chi connectivity index (χ2v) is 5.54. The molecule has 0 radical (unpaired) electrons. The molecule has 4 nitrogen and oxygen atoms in total. The van der Waals surface area contributed by atoms with E-state index in [2.05, 4.69) is 10.3 Å². The Balaban J connectivity index is 1.82. The molecule has 0 saturated heterocycles. The van der Waals surface area contributed by atoms with Gasteiger partial charge in [0.1, 0.15) is 5.69 Å². The van der Waals surface area contributed by atoms with Crippen LogP contribution in [-0.4, -0.2) is 10.9 Å². The number of nitrogens with two attached hydrogens (primary N) is 1. The molecule has 1 atom stereocenters. The zero-order chi connectivity index (χ0) is 14.8. The molecule has 1 aromatic heterocycles. The molecular formula is C17H19N3O. The summed E-state index contributed by atoms with van der Waals surface area (Å²) in [6.07, 6.45) is 3.03. The number of carbonyl (C=O) groups is 1. The van der Waals surface area contributed by atoms with E-state index in [1.54, 1.807) is 6.07 Å². The molecule has 1 amide bonds. The number of rotatable bonds is 2. The molecule has 21 heavy (non-hydrogen) atoms. The number of nitrogens with zero attached hydrogens (tertiary/aromatic N) is 1. The van der Waals surface area contributed by atoms with Crippen molar-refractivity contribution in [1.29, 1.82) is 0 Å². The number of amides is 1. The molecule has 108 valence electrons. The van der Waals surface area contributed by atoms with Gasteiger partial charge in [-0.15, -0.1) is 0 Å². The maximum Gasteiger partial charge on any atom is 0.270 e. The molecule has 1 unspecified atom stereocenters. The zero-order valence-electron chi connectivity index (χ0n) is 12.1. The molecule has 4 heteroatoms. The number of nitrogen functional groups attached to an aromatic ring is 1. The molecule has 0 spiro atoms. The highest BCUT2D eigenvalue weighted by atomic mass is 16.1. The number of carbonyl (C=O) groups excluding carboxylic acids is 1. The van der Waals surface area contributed by atoms with E-state index in [0.717, 1.165) is 30.6 Å². The van der Waals surface area contributed by atoms with Gasteiger partial charge < -0.3 is 11.1 Å². The number of aromatic nitrogens is 1. The van der Waals surface area contributed by atoms with Crippen LogP contribution >= 0.6 is 0 Å². The lowest BCUT2D eigenvalue weighted by atomic mass is 9.87. The number of hydrogen-bond donors (Lipinski definition) is 2. The molecule has 2 aromatic rings. The highest BCUT2D eigenvalue weighted by Gasteiger charge is 2.22. The SMILES string of the molecule is Cc1cccc(C(=O)NC2CCCc3cc(N)ccc32)n1. The van der Waals surface area contributed by atoms with Crippen molar-refractivity contribution in [3.8, 4) is 0 Å². The Morgan fingerprint density at radius 1 is 1.33 bits per heavy atom. The number of fused-ring (bicyclic) bond motifs is 1. The van der Waals surface area contributed by atoms with Gasteiger partial charge in [0, 0.05) is 11.4 Å². The Labute approximate surface area is 124 Å². The standard InChI is InChI=1S/C17H19N3O/c1-11-4-2-7-16(19-11)17(21)20-15-6-3-5-12-10-13(18)8-9-14(12)15/h2,4,7-10,15H,3,5-6,18H2,1H3,(H,20,21). The topological polar surface area (TPSA) is 68.0 Å². The van der Waals surface area contributed by atoms with Gasteiger partial charge in [0.05, 0.1) is 6.04 Å². The van der Waals surface area contributed by atoms with E-state index >= 15 is 0 Å². The first-order chi connectivity index (χ1) is 10.1. The van der Waals surface area contributed by atoms with Crippen molar-refractivity contribution in [1.82, 2.24) is 10.3 Å². The molecule has 1 aromatic carbocycles. The van der Waals surface area contributed by atoms with Crippen LogP contribution in [-0.2, 0) is 6.42 Å². The maximum absolute atomic E-state index is 12.3. The van der Waals surface area contributed by atoms with Gasteiger partial charge in [0.2, 0.25) is 0 Å². The average Bonchev–Trinajstić information content (AvgIpc) is 2.47. The van der Waals surface area contributed by atoms with Gasteiger partial charge in [-0.2, -0.15) is 0 Å². The third kappa shape index (κ3) is 2.89. The smallest absolute Gasteiger partial charge is 0.270 e. The summed E-state index contributed by atoms with van der Waals surface area (Å²) in [5, 5.41) is 3.10. The second kappa shape index (κ2) is 5.56. The van der Waals surface area contributed by atoms with Gasteiger partial charge in [0.25, 0.3) is 5.91 Å².